The van der Waals surface area contributed by atoms with E-state index in [1.165, 1.54) is 0 Å². The van der Waals surface area contributed by atoms with Crippen LogP contribution in [0.15, 0.2) is 10.5 Å². The molecule has 0 radical (unpaired) electrons. The van der Waals surface area contributed by atoms with Crippen LogP contribution in [0.4, 0.5) is 0 Å². The van der Waals surface area contributed by atoms with Crippen molar-refractivity contribution in [1.29, 1.82) is 0 Å². The van der Waals surface area contributed by atoms with Crippen molar-refractivity contribution in [3.8, 4) is 17.2 Å². The van der Waals surface area contributed by atoms with Crippen molar-refractivity contribution >= 4 is 22.2 Å². The summed E-state index contributed by atoms with van der Waals surface area (Å²) in [7, 11) is 4.68. The van der Waals surface area contributed by atoms with Crippen molar-refractivity contribution in [2.75, 3.05) is 21.3 Å². The monoisotopic (exact) mass is 302 g/mol. The fourth-order valence-electron chi connectivity index (χ4n) is 1.62. The maximum atomic E-state index is 10.5. The lowest BCUT2D eigenvalue weighted by atomic mass is 10.1. The Morgan fingerprint density at radius 1 is 1.18 bits per heavy atom. The number of halogens is 1. The lowest BCUT2D eigenvalue weighted by Crippen LogP contribution is -2.00. The molecule has 0 N–H and O–H groups in total. The van der Waals surface area contributed by atoms with Gasteiger partial charge in [0.25, 0.3) is 0 Å². The van der Waals surface area contributed by atoms with Crippen LogP contribution in [-0.4, -0.2) is 27.6 Å². The predicted molar refractivity (Wildman–Crippen MR) is 68.2 cm³/mol. The highest BCUT2D eigenvalue weighted by Gasteiger charge is 2.18. The molecule has 0 spiro atoms. The number of ether oxygens (including phenoxy) is 3. The molecule has 0 aliphatic rings. The van der Waals surface area contributed by atoms with Gasteiger partial charge in [0.15, 0.2) is 11.5 Å². The van der Waals surface area contributed by atoms with Crippen molar-refractivity contribution in [2.24, 2.45) is 0 Å². The summed E-state index contributed by atoms with van der Waals surface area (Å²) in [6.07, 6.45) is 1.90. The van der Waals surface area contributed by atoms with Gasteiger partial charge in [0, 0.05) is 16.5 Å². The lowest BCUT2D eigenvalue weighted by Gasteiger charge is -2.16. The van der Waals surface area contributed by atoms with E-state index < -0.39 is 0 Å². The molecular weight excluding hydrogens is 288 g/mol. The van der Waals surface area contributed by atoms with E-state index in [2.05, 4.69) is 15.9 Å². The number of hydrogen-bond donors (Lipinski definition) is 0. The predicted octanol–water partition coefficient (Wildman–Crippen LogP) is 2.61. The van der Waals surface area contributed by atoms with Gasteiger partial charge in [-0.1, -0.05) is 15.9 Å². The second-order valence-electron chi connectivity index (χ2n) is 3.31. The first-order chi connectivity index (χ1) is 8.19. The molecule has 1 aromatic rings. The van der Waals surface area contributed by atoms with Crippen LogP contribution in [0, 0.1) is 0 Å². The van der Waals surface area contributed by atoms with Gasteiger partial charge in [-0.25, -0.2) is 0 Å². The van der Waals surface area contributed by atoms with Crippen LogP contribution in [0.2, 0.25) is 0 Å². The Balaban J connectivity index is 3.32. The molecule has 1 aromatic carbocycles. The minimum Gasteiger partial charge on any atom is -0.493 e. The molecule has 0 amide bonds. The average molecular weight is 303 g/mol. The Kier molecular flexibility index (Phi) is 5.28. The summed E-state index contributed by atoms with van der Waals surface area (Å²) in [5, 5.41) is 0. The van der Waals surface area contributed by atoms with Gasteiger partial charge in [0.1, 0.15) is 6.29 Å². The Morgan fingerprint density at radius 2 is 1.82 bits per heavy atom. The standard InChI is InChI=1S/C12H15BrO4/c1-15-10-7-9(13)8(5-4-6-14)11(16-2)12(10)17-3/h6-7H,4-5H2,1-3H3. The van der Waals surface area contributed by atoms with Crippen LogP contribution in [0.5, 0.6) is 17.2 Å². The molecular formula is C12H15BrO4. The van der Waals surface area contributed by atoms with Crippen molar-refractivity contribution < 1.29 is 19.0 Å². The van der Waals surface area contributed by atoms with E-state index in [9.17, 15) is 4.79 Å². The number of methoxy groups -OCH3 is 3. The lowest BCUT2D eigenvalue weighted by molar-refractivity contribution is -0.107. The Hall–Kier alpha value is -1.23. The maximum Gasteiger partial charge on any atom is 0.203 e. The molecule has 0 saturated carbocycles. The van der Waals surface area contributed by atoms with Gasteiger partial charge in [-0.3, -0.25) is 0 Å². The normalized spacial score (nSPS) is 9.88. The maximum absolute atomic E-state index is 10.5. The van der Waals surface area contributed by atoms with Gasteiger partial charge in [-0.05, 0) is 12.5 Å². The summed E-state index contributed by atoms with van der Waals surface area (Å²) < 4.78 is 16.7. The fraction of sp³-hybridized carbons (Fsp3) is 0.417. The van der Waals surface area contributed by atoms with Crippen LogP contribution in [0.25, 0.3) is 0 Å². The van der Waals surface area contributed by atoms with E-state index in [4.69, 9.17) is 14.2 Å². The largest absolute Gasteiger partial charge is 0.493 e. The van der Waals surface area contributed by atoms with Crippen LogP contribution in [0.3, 0.4) is 0 Å². The second kappa shape index (κ2) is 6.49. The second-order valence-corrected chi connectivity index (χ2v) is 4.17. The van der Waals surface area contributed by atoms with E-state index in [0.29, 0.717) is 30.1 Å². The van der Waals surface area contributed by atoms with E-state index in [-0.39, 0.29) is 0 Å². The molecule has 0 bridgehead atoms. The highest BCUT2D eigenvalue weighted by atomic mass is 79.9. The minimum absolute atomic E-state index is 0.435. The van der Waals surface area contributed by atoms with Gasteiger partial charge in [0.2, 0.25) is 5.75 Å². The third kappa shape index (κ3) is 2.91. The topological polar surface area (TPSA) is 44.8 Å². The summed E-state index contributed by atoms with van der Waals surface area (Å²) in [6, 6.07) is 1.81. The van der Waals surface area contributed by atoms with Gasteiger partial charge in [0.05, 0.1) is 21.3 Å². The van der Waals surface area contributed by atoms with Crippen molar-refractivity contribution in [3.05, 3.63) is 16.1 Å². The third-order valence-corrected chi connectivity index (χ3v) is 3.10. The highest BCUT2D eigenvalue weighted by molar-refractivity contribution is 9.10. The summed E-state index contributed by atoms with van der Waals surface area (Å²) in [5.74, 6) is 1.73. The van der Waals surface area contributed by atoms with Crippen LogP contribution in [0.1, 0.15) is 12.0 Å². The molecule has 0 aromatic heterocycles. The van der Waals surface area contributed by atoms with E-state index >= 15 is 0 Å². The van der Waals surface area contributed by atoms with Gasteiger partial charge < -0.3 is 19.0 Å². The molecule has 0 unspecified atom stereocenters. The molecule has 0 aliphatic heterocycles. The fourth-order valence-corrected chi connectivity index (χ4v) is 2.21. The summed E-state index contributed by atoms with van der Waals surface area (Å²) in [4.78, 5) is 10.5. The Morgan fingerprint density at radius 3 is 2.29 bits per heavy atom. The Labute approximate surface area is 109 Å². The van der Waals surface area contributed by atoms with Gasteiger partial charge in [-0.2, -0.15) is 0 Å². The number of carbonyl (C=O) groups excluding carboxylic acids is 1. The zero-order chi connectivity index (χ0) is 12.8. The van der Waals surface area contributed by atoms with E-state index in [1.54, 1.807) is 21.3 Å². The van der Waals surface area contributed by atoms with Gasteiger partial charge >= 0.3 is 0 Å². The molecule has 1 rings (SSSR count). The molecule has 4 nitrogen and oxygen atoms in total. The van der Waals surface area contributed by atoms with Crippen LogP contribution < -0.4 is 14.2 Å². The summed E-state index contributed by atoms with van der Waals surface area (Å²) >= 11 is 3.44. The SMILES string of the molecule is COc1cc(Br)c(CCC=O)c(OC)c1OC. The molecule has 17 heavy (non-hydrogen) atoms. The van der Waals surface area contributed by atoms with Crippen LogP contribution >= 0.6 is 15.9 Å². The summed E-state index contributed by atoms with van der Waals surface area (Å²) in [5.41, 5.74) is 0.900. The molecule has 94 valence electrons. The number of aldehydes is 1. The highest BCUT2D eigenvalue weighted by Crippen LogP contribution is 2.44. The first-order valence-corrected chi connectivity index (χ1v) is 5.89. The number of benzene rings is 1. The first-order valence-electron chi connectivity index (χ1n) is 5.10. The quantitative estimate of drug-likeness (QED) is 0.758. The first kappa shape index (κ1) is 13.8. The number of hydrogen-bond acceptors (Lipinski definition) is 4. The molecule has 0 aliphatic carbocycles. The number of carbonyl (C=O) groups is 1. The average Bonchev–Trinajstić information content (AvgIpc) is 2.35. The van der Waals surface area contributed by atoms with Crippen molar-refractivity contribution in [3.63, 3.8) is 0 Å². The smallest absolute Gasteiger partial charge is 0.203 e. The molecule has 0 atom stereocenters. The minimum atomic E-state index is 0.435. The zero-order valence-corrected chi connectivity index (χ0v) is 11.7. The van der Waals surface area contributed by atoms with E-state index in [1.807, 2.05) is 6.07 Å². The molecule has 0 fully saturated rings. The third-order valence-electron chi connectivity index (χ3n) is 2.39. The Bertz CT molecular complexity index is 404. The molecule has 5 heteroatoms. The zero-order valence-electron chi connectivity index (χ0n) is 10.1. The molecule has 0 heterocycles. The number of rotatable bonds is 6. The van der Waals surface area contributed by atoms with Crippen molar-refractivity contribution in [2.45, 2.75) is 12.8 Å². The van der Waals surface area contributed by atoms with E-state index in [0.717, 1.165) is 16.3 Å². The van der Waals surface area contributed by atoms with Crippen molar-refractivity contribution in [1.82, 2.24) is 0 Å². The molecule has 0 saturated heterocycles. The van der Waals surface area contributed by atoms with Crippen LogP contribution in [-0.2, 0) is 11.2 Å². The summed E-state index contributed by atoms with van der Waals surface area (Å²) in [6.45, 7) is 0. The van der Waals surface area contributed by atoms with Gasteiger partial charge in [-0.15, -0.1) is 0 Å².